The summed E-state index contributed by atoms with van der Waals surface area (Å²) in [5.74, 6) is -0.283. The second kappa shape index (κ2) is 7.29. The van der Waals surface area contributed by atoms with Gasteiger partial charge in [0.15, 0.2) is 0 Å². The highest BCUT2D eigenvalue weighted by atomic mass is 35.5. The molecule has 124 valence electrons. The molecule has 0 N–H and O–H groups in total. The maximum absolute atomic E-state index is 12.5. The number of amides is 1. The Bertz CT molecular complexity index is 720. The summed E-state index contributed by atoms with van der Waals surface area (Å²) in [5, 5.41) is 0.399. The zero-order valence-corrected chi connectivity index (χ0v) is 14.5. The van der Waals surface area contributed by atoms with Gasteiger partial charge in [-0.3, -0.25) is 4.79 Å². The molecule has 0 saturated carbocycles. The molecular weight excluding hydrogens is 320 g/mol. The average Bonchev–Trinajstić information content (AvgIpc) is 2.64. The summed E-state index contributed by atoms with van der Waals surface area (Å²) in [7, 11) is 2.11. The van der Waals surface area contributed by atoms with E-state index < -0.39 is 0 Å². The van der Waals surface area contributed by atoms with Crippen LogP contribution in [0.15, 0.2) is 65.7 Å². The Morgan fingerprint density at radius 3 is 2.12 bits per heavy atom. The molecule has 3 rings (SSSR count). The number of likely N-dealkylation sites (tertiary alicyclic amines) is 1. The van der Waals surface area contributed by atoms with E-state index in [1.165, 1.54) is 0 Å². The number of rotatable bonds is 3. The standard InChI is InChI=1S/C20H21ClN2O/c1-23-14-12-20(13-15-23,17-10-6-3-7-11-17)19(21)22-18(24)16-8-4-2-5-9-16/h2-11H,12-15H2,1H3. The van der Waals surface area contributed by atoms with Crippen molar-refractivity contribution in [1.82, 2.24) is 4.90 Å². The number of benzene rings is 2. The highest BCUT2D eigenvalue weighted by Crippen LogP contribution is 2.38. The molecule has 1 amide bonds. The van der Waals surface area contributed by atoms with Gasteiger partial charge in [0.1, 0.15) is 5.17 Å². The zero-order valence-electron chi connectivity index (χ0n) is 13.8. The minimum absolute atomic E-state index is 0.283. The first-order valence-corrected chi connectivity index (χ1v) is 8.58. The third-order valence-electron chi connectivity index (χ3n) is 4.78. The maximum Gasteiger partial charge on any atom is 0.278 e. The maximum atomic E-state index is 12.5. The molecule has 0 spiro atoms. The quantitative estimate of drug-likeness (QED) is 0.787. The summed E-state index contributed by atoms with van der Waals surface area (Å²) in [6, 6.07) is 19.2. The fourth-order valence-electron chi connectivity index (χ4n) is 3.21. The minimum atomic E-state index is -0.375. The molecule has 0 aromatic heterocycles. The van der Waals surface area contributed by atoms with Gasteiger partial charge < -0.3 is 4.90 Å². The number of hydrogen-bond acceptors (Lipinski definition) is 2. The first kappa shape index (κ1) is 16.9. The molecule has 2 aromatic carbocycles. The van der Waals surface area contributed by atoms with Crippen molar-refractivity contribution in [2.45, 2.75) is 18.3 Å². The highest BCUT2D eigenvalue weighted by molar-refractivity contribution is 6.68. The van der Waals surface area contributed by atoms with Gasteiger partial charge in [-0.2, -0.15) is 0 Å². The van der Waals surface area contributed by atoms with E-state index in [1.54, 1.807) is 12.1 Å². The summed E-state index contributed by atoms with van der Waals surface area (Å²) < 4.78 is 0. The SMILES string of the molecule is CN1CCC(C(Cl)=NC(=O)c2ccccc2)(c2ccccc2)CC1. The fourth-order valence-corrected chi connectivity index (χ4v) is 3.59. The first-order valence-electron chi connectivity index (χ1n) is 8.20. The Balaban J connectivity index is 1.96. The summed E-state index contributed by atoms with van der Waals surface area (Å²) in [6.07, 6.45) is 1.72. The Morgan fingerprint density at radius 1 is 1.00 bits per heavy atom. The zero-order chi connectivity index (χ0) is 17.0. The van der Waals surface area contributed by atoms with E-state index in [2.05, 4.69) is 29.1 Å². The molecule has 0 atom stereocenters. The Kier molecular flexibility index (Phi) is 5.12. The van der Waals surface area contributed by atoms with Crippen molar-refractivity contribution < 1.29 is 4.79 Å². The van der Waals surface area contributed by atoms with E-state index in [4.69, 9.17) is 11.6 Å². The topological polar surface area (TPSA) is 32.7 Å². The van der Waals surface area contributed by atoms with Crippen molar-refractivity contribution >= 4 is 22.7 Å². The van der Waals surface area contributed by atoms with Gasteiger partial charge in [0.2, 0.25) is 0 Å². The monoisotopic (exact) mass is 340 g/mol. The van der Waals surface area contributed by atoms with E-state index in [9.17, 15) is 4.79 Å². The molecule has 0 radical (unpaired) electrons. The van der Waals surface area contributed by atoms with Crippen LogP contribution in [0.3, 0.4) is 0 Å². The van der Waals surface area contributed by atoms with Crippen molar-refractivity contribution in [2.75, 3.05) is 20.1 Å². The van der Waals surface area contributed by atoms with Crippen LogP contribution in [0.5, 0.6) is 0 Å². The Morgan fingerprint density at radius 2 is 1.54 bits per heavy atom. The Labute approximate surface area is 148 Å². The van der Waals surface area contributed by atoms with Crippen LogP contribution in [-0.2, 0) is 5.41 Å². The van der Waals surface area contributed by atoms with E-state index in [1.807, 2.05) is 36.4 Å². The van der Waals surface area contributed by atoms with Gasteiger partial charge in [-0.05, 0) is 50.7 Å². The largest absolute Gasteiger partial charge is 0.306 e. The lowest BCUT2D eigenvalue weighted by atomic mass is 9.73. The smallest absolute Gasteiger partial charge is 0.278 e. The molecule has 1 aliphatic heterocycles. The number of carbonyl (C=O) groups excluding carboxylic acids is 1. The van der Waals surface area contributed by atoms with E-state index >= 15 is 0 Å². The van der Waals surface area contributed by atoms with Gasteiger partial charge in [-0.15, -0.1) is 0 Å². The number of halogens is 1. The molecule has 1 fully saturated rings. The molecule has 1 aliphatic rings. The van der Waals surface area contributed by atoms with Crippen molar-refractivity contribution in [1.29, 1.82) is 0 Å². The van der Waals surface area contributed by atoms with Crippen LogP contribution in [0.25, 0.3) is 0 Å². The highest BCUT2D eigenvalue weighted by Gasteiger charge is 2.40. The molecule has 4 heteroatoms. The third kappa shape index (κ3) is 3.42. The predicted octanol–water partition coefficient (Wildman–Crippen LogP) is 4.13. The molecule has 0 unspecified atom stereocenters. The van der Waals surface area contributed by atoms with Gasteiger partial charge in [0, 0.05) is 5.56 Å². The van der Waals surface area contributed by atoms with E-state index in [-0.39, 0.29) is 11.3 Å². The Hall–Kier alpha value is -1.97. The lowest BCUT2D eigenvalue weighted by Crippen LogP contribution is -2.44. The molecule has 0 aliphatic carbocycles. The van der Waals surface area contributed by atoms with Crippen molar-refractivity contribution in [3.63, 3.8) is 0 Å². The lowest BCUT2D eigenvalue weighted by Gasteiger charge is -2.40. The molecule has 3 nitrogen and oxygen atoms in total. The van der Waals surface area contributed by atoms with Crippen LogP contribution in [0, 0.1) is 0 Å². The molecule has 2 aromatic rings. The van der Waals surface area contributed by atoms with E-state index in [0.717, 1.165) is 31.5 Å². The predicted molar refractivity (Wildman–Crippen MR) is 98.9 cm³/mol. The number of carbonyl (C=O) groups is 1. The lowest BCUT2D eigenvalue weighted by molar-refractivity contribution is 0.100. The third-order valence-corrected chi connectivity index (χ3v) is 5.23. The van der Waals surface area contributed by atoms with Crippen LogP contribution < -0.4 is 0 Å². The molecule has 1 saturated heterocycles. The van der Waals surface area contributed by atoms with Crippen LogP contribution >= 0.6 is 11.6 Å². The van der Waals surface area contributed by atoms with Crippen LogP contribution in [0.2, 0.25) is 0 Å². The number of nitrogens with zero attached hydrogens (tertiary/aromatic N) is 2. The van der Waals surface area contributed by atoms with Crippen molar-refractivity contribution in [3.05, 3.63) is 71.8 Å². The molecule has 0 bridgehead atoms. The molecular formula is C20H21ClN2O. The second-order valence-corrected chi connectivity index (χ2v) is 6.68. The van der Waals surface area contributed by atoms with Crippen molar-refractivity contribution in [3.8, 4) is 0 Å². The molecule has 1 heterocycles. The fraction of sp³-hybridized carbons (Fsp3) is 0.300. The van der Waals surface area contributed by atoms with Crippen LogP contribution in [0.4, 0.5) is 0 Å². The normalized spacial score (nSPS) is 18.3. The van der Waals surface area contributed by atoms with E-state index in [0.29, 0.717) is 10.7 Å². The number of aliphatic imine (C=N–C) groups is 1. The van der Waals surface area contributed by atoms with Gasteiger partial charge in [0.05, 0.1) is 5.41 Å². The molecule has 24 heavy (non-hydrogen) atoms. The van der Waals surface area contributed by atoms with Crippen molar-refractivity contribution in [2.24, 2.45) is 4.99 Å². The van der Waals surface area contributed by atoms with Gasteiger partial charge in [-0.25, -0.2) is 4.99 Å². The van der Waals surface area contributed by atoms with Crippen LogP contribution in [0.1, 0.15) is 28.8 Å². The van der Waals surface area contributed by atoms with Gasteiger partial charge >= 0.3 is 0 Å². The van der Waals surface area contributed by atoms with Crippen LogP contribution in [-0.4, -0.2) is 36.1 Å². The number of piperidine rings is 1. The first-order chi connectivity index (χ1) is 11.6. The number of hydrogen-bond donors (Lipinski definition) is 0. The average molecular weight is 341 g/mol. The van der Waals surface area contributed by atoms with Gasteiger partial charge in [-0.1, -0.05) is 60.1 Å². The van der Waals surface area contributed by atoms with Gasteiger partial charge in [0.25, 0.3) is 5.91 Å². The summed E-state index contributed by atoms with van der Waals surface area (Å²) in [4.78, 5) is 19.0. The second-order valence-electron chi connectivity index (χ2n) is 6.33. The summed E-state index contributed by atoms with van der Waals surface area (Å²) in [5.41, 5.74) is 1.32. The summed E-state index contributed by atoms with van der Waals surface area (Å²) >= 11 is 6.65. The minimum Gasteiger partial charge on any atom is -0.306 e. The summed E-state index contributed by atoms with van der Waals surface area (Å²) in [6.45, 7) is 1.86.